The van der Waals surface area contributed by atoms with Crippen molar-refractivity contribution >= 4 is 17.5 Å². The van der Waals surface area contributed by atoms with Gasteiger partial charge in [-0.25, -0.2) is 10.9 Å². The molecule has 0 radical (unpaired) electrons. The summed E-state index contributed by atoms with van der Waals surface area (Å²) in [5.74, 6) is -0.528. The summed E-state index contributed by atoms with van der Waals surface area (Å²) < 4.78 is 0. The van der Waals surface area contributed by atoms with Crippen molar-refractivity contribution in [3.63, 3.8) is 0 Å². The van der Waals surface area contributed by atoms with Crippen LogP contribution in [0.1, 0.15) is 64.2 Å². The average molecular weight is 269 g/mol. The van der Waals surface area contributed by atoms with Crippen molar-refractivity contribution in [3.05, 3.63) is 0 Å². The van der Waals surface area contributed by atoms with Crippen LogP contribution < -0.4 is 10.9 Å². The maximum absolute atomic E-state index is 11.5. The van der Waals surface area contributed by atoms with Gasteiger partial charge in [0, 0.05) is 18.6 Å². The number of carbonyl (C=O) groups excluding carboxylic acids is 2. The molecule has 1 rings (SSSR count). The third kappa shape index (κ3) is 7.56. The highest BCUT2D eigenvalue weighted by atomic mass is 16.5. The monoisotopic (exact) mass is 269 g/mol. The van der Waals surface area contributed by atoms with Crippen LogP contribution in [0.5, 0.6) is 0 Å². The minimum absolute atomic E-state index is 0.110. The van der Waals surface area contributed by atoms with Crippen molar-refractivity contribution in [3.8, 4) is 0 Å². The van der Waals surface area contributed by atoms with E-state index in [1.54, 1.807) is 5.48 Å². The van der Waals surface area contributed by atoms with Crippen LogP contribution in [-0.4, -0.2) is 22.7 Å². The SMILES string of the molecule is O=C(CCCCC(=O)NN=C1CCCCCC1)NO. The van der Waals surface area contributed by atoms with Crippen LogP contribution in [0.4, 0.5) is 0 Å². The van der Waals surface area contributed by atoms with Crippen LogP contribution in [0.3, 0.4) is 0 Å². The number of unbranched alkanes of at least 4 members (excludes halogenated alkanes) is 1. The molecule has 0 bridgehead atoms. The lowest BCUT2D eigenvalue weighted by atomic mass is 10.2. The van der Waals surface area contributed by atoms with Crippen molar-refractivity contribution in [2.24, 2.45) is 5.10 Å². The molecule has 0 aromatic rings. The number of nitrogens with one attached hydrogen (secondary N) is 2. The number of rotatable bonds is 6. The van der Waals surface area contributed by atoms with Gasteiger partial charge in [-0.05, 0) is 38.5 Å². The zero-order valence-corrected chi connectivity index (χ0v) is 11.3. The highest BCUT2D eigenvalue weighted by Gasteiger charge is 2.07. The van der Waals surface area contributed by atoms with Gasteiger partial charge in [0.1, 0.15) is 0 Å². The molecule has 0 aliphatic heterocycles. The summed E-state index contributed by atoms with van der Waals surface area (Å²) in [7, 11) is 0. The molecule has 0 aromatic heterocycles. The second-order valence-corrected chi connectivity index (χ2v) is 4.87. The Bertz CT molecular complexity index is 319. The van der Waals surface area contributed by atoms with Crippen LogP contribution in [-0.2, 0) is 9.59 Å². The maximum Gasteiger partial charge on any atom is 0.243 e. The average Bonchev–Trinajstić information content (AvgIpc) is 2.69. The molecule has 1 aliphatic carbocycles. The van der Waals surface area contributed by atoms with E-state index in [9.17, 15) is 9.59 Å². The zero-order chi connectivity index (χ0) is 13.9. The summed E-state index contributed by atoms with van der Waals surface area (Å²) in [4.78, 5) is 22.3. The van der Waals surface area contributed by atoms with Crippen molar-refractivity contribution in [2.75, 3.05) is 0 Å². The van der Waals surface area contributed by atoms with Crippen LogP contribution in [0.2, 0.25) is 0 Å². The largest absolute Gasteiger partial charge is 0.289 e. The second kappa shape index (κ2) is 9.49. The van der Waals surface area contributed by atoms with Gasteiger partial charge in [0.05, 0.1) is 0 Å². The van der Waals surface area contributed by atoms with Crippen molar-refractivity contribution < 1.29 is 14.8 Å². The Morgan fingerprint density at radius 3 is 2.16 bits per heavy atom. The van der Waals surface area contributed by atoms with Gasteiger partial charge in [-0.3, -0.25) is 14.8 Å². The quantitative estimate of drug-likeness (QED) is 0.297. The molecule has 0 spiro atoms. The Morgan fingerprint density at radius 1 is 1.00 bits per heavy atom. The minimum Gasteiger partial charge on any atom is -0.289 e. The number of amides is 2. The van der Waals surface area contributed by atoms with Gasteiger partial charge < -0.3 is 0 Å². The number of hydrogen-bond acceptors (Lipinski definition) is 4. The number of hydroxylamine groups is 1. The van der Waals surface area contributed by atoms with Crippen molar-refractivity contribution in [1.29, 1.82) is 0 Å². The molecule has 2 amide bonds. The van der Waals surface area contributed by atoms with E-state index in [2.05, 4.69) is 10.5 Å². The fourth-order valence-corrected chi connectivity index (χ4v) is 2.07. The smallest absolute Gasteiger partial charge is 0.243 e. The first-order chi connectivity index (χ1) is 9.22. The lowest BCUT2D eigenvalue weighted by molar-refractivity contribution is -0.129. The number of carbonyl (C=O) groups is 2. The molecule has 0 atom stereocenters. The van der Waals surface area contributed by atoms with Gasteiger partial charge in [0.2, 0.25) is 11.8 Å². The minimum atomic E-state index is -0.417. The highest BCUT2D eigenvalue weighted by molar-refractivity contribution is 5.86. The number of hydrogen-bond donors (Lipinski definition) is 3. The summed E-state index contributed by atoms with van der Waals surface area (Å²) in [6.07, 6.45) is 8.57. The first kappa shape index (κ1) is 15.6. The molecule has 3 N–H and O–H groups in total. The van der Waals surface area contributed by atoms with E-state index in [1.165, 1.54) is 12.8 Å². The zero-order valence-electron chi connectivity index (χ0n) is 11.3. The first-order valence-corrected chi connectivity index (χ1v) is 6.99. The molecule has 6 heteroatoms. The first-order valence-electron chi connectivity index (χ1n) is 6.99. The van der Waals surface area contributed by atoms with Gasteiger partial charge >= 0.3 is 0 Å². The van der Waals surface area contributed by atoms with E-state index in [0.717, 1.165) is 31.4 Å². The van der Waals surface area contributed by atoms with E-state index in [-0.39, 0.29) is 12.3 Å². The van der Waals surface area contributed by atoms with Crippen LogP contribution >= 0.6 is 0 Å². The molecular weight excluding hydrogens is 246 g/mol. The molecule has 19 heavy (non-hydrogen) atoms. The normalized spacial score (nSPS) is 15.5. The number of hydrazone groups is 1. The third-order valence-electron chi connectivity index (χ3n) is 3.20. The molecule has 0 heterocycles. The molecule has 1 fully saturated rings. The Hall–Kier alpha value is -1.43. The number of nitrogens with zero attached hydrogens (tertiary/aromatic N) is 1. The van der Waals surface area contributed by atoms with Crippen molar-refractivity contribution in [1.82, 2.24) is 10.9 Å². The summed E-state index contributed by atoms with van der Waals surface area (Å²) >= 11 is 0. The lowest BCUT2D eigenvalue weighted by Gasteiger charge is -2.03. The predicted molar refractivity (Wildman–Crippen MR) is 71.7 cm³/mol. The van der Waals surface area contributed by atoms with Gasteiger partial charge in [0.15, 0.2) is 0 Å². The van der Waals surface area contributed by atoms with E-state index in [4.69, 9.17) is 5.21 Å². The highest BCUT2D eigenvalue weighted by Crippen LogP contribution is 2.14. The van der Waals surface area contributed by atoms with E-state index in [1.807, 2.05) is 0 Å². The maximum atomic E-state index is 11.5. The molecule has 108 valence electrons. The second-order valence-electron chi connectivity index (χ2n) is 4.87. The predicted octanol–water partition coefficient (Wildman–Crippen LogP) is 1.88. The van der Waals surface area contributed by atoms with E-state index in [0.29, 0.717) is 19.3 Å². The fourth-order valence-electron chi connectivity index (χ4n) is 2.07. The van der Waals surface area contributed by atoms with E-state index >= 15 is 0 Å². The summed E-state index contributed by atoms with van der Waals surface area (Å²) in [6.45, 7) is 0. The van der Waals surface area contributed by atoms with Gasteiger partial charge in [0.25, 0.3) is 0 Å². The Morgan fingerprint density at radius 2 is 1.58 bits per heavy atom. The summed E-state index contributed by atoms with van der Waals surface area (Å²) in [5, 5.41) is 12.5. The molecule has 0 unspecified atom stereocenters. The Balaban J connectivity index is 2.13. The van der Waals surface area contributed by atoms with Gasteiger partial charge in [-0.15, -0.1) is 0 Å². The molecule has 0 saturated heterocycles. The van der Waals surface area contributed by atoms with Crippen molar-refractivity contribution in [2.45, 2.75) is 64.2 Å². The lowest BCUT2D eigenvalue weighted by Crippen LogP contribution is -2.20. The molecular formula is C13H23N3O3. The standard InChI is InChI=1S/C13H23N3O3/c17-12(9-5-6-10-13(18)16-19)15-14-11-7-3-1-2-4-8-11/h19H,1-10H2,(H,15,17)(H,16,18). The van der Waals surface area contributed by atoms with Crippen LogP contribution in [0.15, 0.2) is 5.10 Å². The van der Waals surface area contributed by atoms with Gasteiger partial charge in [-0.1, -0.05) is 12.8 Å². The molecule has 1 aliphatic rings. The molecule has 6 nitrogen and oxygen atoms in total. The fraction of sp³-hybridized carbons (Fsp3) is 0.769. The Kier molecular flexibility index (Phi) is 7.81. The molecule has 1 saturated carbocycles. The molecule has 0 aromatic carbocycles. The van der Waals surface area contributed by atoms with Gasteiger partial charge in [-0.2, -0.15) is 5.10 Å². The Labute approximate surface area is 113 Å². The third-order valence-corrected chi connectivity index (χ3v) is 3.20. The van der Waals surface area contributed by atoms with Crippen LogP contribution in [0.25, 0.3) is 0 Å². The van der Waals surface area contributed by atoms with E-state index < -0.39 is 5.91 Å². The summed E-state index contributed by atoms with van der Waals surface area (Å²) in [6, 6.07) is 0. The topological polar surface area (TPSA) is 90.8 Å². The van der Waals surface area contributed by atoms with Crippen LogP contribution in [0, 0.1) is 0 Å². The summed E-state index contributed by atoms with van der Waals surface area (Å²) in [5.41, 5.74) is 5.24.